The van der Waals surface area contributed by atoms with Crippen LogP contribution in [0.25, 0.3) is 55.6 Å². The Bertz CT molecular complexity index is 3200. The van der Waals surface area contributed by atoms with Crippen LogP contribution in [0, 0.1) is 6.92 Å². The minimum atomic E-state index is -0.706. The van der Waals surface area contributed by atoms with Crippen LogP contribution < -0.4 is 4.90 Å². The number of aromatic hydroxyl groups is 1. The summed E-state index contributed by atoms with van der Waals surface area (Å²) < 4.78 is 6.72. The van der Waals surface area contributed by atoms with Crippen molar-refractivity contribution in [2.45, 2.75) is 64.7 Å². The summed E-state index contributed by atoms with van der Waals surface area (Å²) in [7, 11) is 0. The first-order valence-electron chi connectivity index (χ1n) is 21.2. The Labute approximate surface area is 357 Å². The first kappa shape index (κ1) is 37.1. The third-order valence-electron chi connectivity index (χ3n) is 13.0. The van der Waals surface area contributed by atoms with Gasteiger partial charge in [-0.1, -0.05) is 145 Å². The fraction of sp³-hybridized carbons (Fsp3) is 0.179. The zero-order valence-corrected chi connectivity index (χ0v) is 35.6. The molecule has 0 aliphatic heterocycles. The van der Waals surface area contributed by atoms with Crippen LogP contribution in [-0.4, -0.2) is 15.1 Å². The Balaban J connectivity index is 1.21. The summed E-state index contributed by atoms with van der Waals surface area (Å²) in [5, 5.41) is 14.2. The third-order valence-corrected chi connectivity index (χ3v) is 13.0. The molecule has 0 unspecified atom stereocenters. The molecule has 298 valence electrons. The number of aryl methyl sites for hydroxylation is 1. The van der Waals surface area contributed by atoms with E-state index in [9.17, 15) is 5.11 Å². The molecule has 11 rings (SSSR count). The highest BCUT2D eigenvalue weighted by Gasteiger charge is 2.54. The van der Waals surface area contributed by atoms with Gasteiger partial charge < -0.3 is 9.52 Å². The molecule has 61 heavy (non-hydrogen) atoms. The zero-order chi connectivity index (χ0) is 42.0. The number of nitrogens with zero attached hydrogens (tertiary/aromatic N) is 3. The van der Waals surface area contributed by atoms with E-state index in [2.05, 4.69) is 162 Å². The number of fused-ring (bicyclic) bond motifs is 13. The van der Waals surface area contributed by atoms with Gasteiger partial charge in [0.05, 0.1) is 22.5 Å². The number of hydrogen-bond acceptors (Lipinski definition) is 5. The van der Waals surface area contributed by atoms with E-state index in [1.807, 2.05) is 37.3 Å². The first-order valence-corrected chi connectivity index (χ1v) is 21.2. The zero-order valence-electron chi connectivity index (χ0n) is 35.6. The molecule has 2 aliphatic carbocycles. The number of phenolic OH excluding ortho intramolecular Hbond substituents is 1. The maximum absolute atomic E-state index is 12.1. The summed E-state index contributed by atoms with van der Waals surface area (Å²) in [6.45, 7) is 15.7. The number of anilines is 3. The van der Waals surface area contributed by atoms with E-state index in [4.69, 9.17) is 14.4 Å². The minimum absolute atomic E-state index is 0.0760. The Hall–Kier alpha value is -6.98. The first-order chi connectivity index (χ1) is 29.3. The second kappa shape index (κ2) is 13.0. The molecule has 0 saturated carbocycles. The van der Waals surface area contributed by atoms with Gasteiger partial charge in [0.1, 0.15) is 17.2 Å². The highest BCUT2D eigenvalue weighted by Crippen LogP contribution is 2.64. The van der Waals surface area contributed by atoms with E-state index in [0.717, 1.165) is 72.6 Å². The van der Waals surface area contributed by atoms with E-state index in [-0.39, 0.29) is 16.6 Å². The molecule has 1 spiro atoms. The number of pyridine rings is 2. The SMILES string of the molecule is Cc1cccc(-c2cccc(N(c3ccc4c(n3)-c3c(O)cccc3C43c4cc(C(C)(C)C)ccc4-c4ccc(C(C)(C)C)cc43)c3cccc4c3oc3ccccc34)c2)n1. The number of furan rings is 1. The molecule has 9 aromatic rings. The van der Waals surface area contributed by atoms with Gasteiger partial charge in [-0.25, -0.2) is 4.98 Å². The smallest absolute Gasteiger partial charge is 0.159 e. The third kappa shape index (κ3) is 5.46. The summed E-state index contributed by atoms with van der Waals surface area (Å²) in [6.07, 6.45) is 0. The van der Waals surface area contributed by atoms with E-state index < -0.39 is 5.41 Å². The topological polar surface area (TPSA) is 62.4 Å². The Morgan fingerprint density at radius 2 is 1.25 bits per heavy atom. The number of phenols is 1. The Kier molecular flexibility index (Phi) is 7.90. The van der Waals surface area contributed by atoms with Gasteiger partial charge in [-0.05, 0) is 111 Å². The van der Waals surface area contributed by atoms with E-state index in [1.54, 1.807) is 6.07 Å². The lowest BCUT2D eigenvalue weighted by molar-refractivity contribution is 0.476. The molecule has 0 bridgehead atoms. The molecule has 6 aromatic carbocycles. The predicted octanol–water partition coefficient (Wildman–Crippen LogP) is 14.5. The van der Waals surface area contributed by atoms with Crippen LogP contribution in [0.5, 0.6) is 5.75 Å². The molecule has 1 N–H and O–H groups in total. The maximum Gasteiger partial charge on any atom is 0.159 e. The van der Waals surface area contributed by atoms with E-state index in [1.165, 1.54) is 33.4 Å². The lowest BCUT2D eigenvalue weighted by atomic mass is 9.69. The van der Waals surface area contributed by atoms with Crippen LogP contribution in [0.15, 0.2) is 156 Å². The van der Waals surface area contributed by atoms with Crippen LogP contribution >= 0.6 is 0 Å². The van der Waals surface area contributed by atoms with Crippen molar-refractivity contribution in [2.24, 2.45) is 0 Å². The standard InChI is InChI=1S/C56H47N3O2/c1-33-14-10-20-46(57-33)34-15-11-16-37(30-34)59(47-21-12-18-41-40-17-8-9-23-49(40)61-53(41)47)50-29-28-43-52(58-50)51-42(19-13-22-48(51)60)56(43)44-31-35(54(2,3)4)24-26-38(44)39-27-25-36(32-45(39)56)55(5,6)7/h8-32,60H,1-7H3. The molecule has 0 amide bonds. The normalized spacial score (nSPS) is 13.7. The second-order valence-corrected chi connectivity index (χ2v) is 18.8. The monoisotopic (exact) mass is 793 g/mol. The number of para-hydroxylation sites is 2. The predicted molar refractivity (Wildman–Crippen MR) is 250 cm³/mol. The number of aromatic nitrogens is 2. The van der Waals surface area contributed by atoms with Gasteiger partial charge in [-0.2, -0.15) is 0 Å². The summed E-state index contributed by atoms with van der Waals surface area (Å²) >= 11 is 0. The minimum Gasteiger partial charge on any atom is -0.507 e. The van der Waals surface area contributed by atoms with Gasteiger partial charge >= 0.3 is 0 Å². The molecule has 0 saturated heterocycles. The molecule has 5 nitrogen and oxygen atoms in total. The number of hydrogen-bond donors (Lipinski definition) is 1. The highest BCUT2D eigenvalue weighted by molar-refractivity contribution is 6.10. The second-order valence-electron chi connectivity index (χ2n) is 18.8. The molecule has 3 heterocycles. The molecule has 0 atom stereocenters. The van der Waals surface area contributed by atoms with Crippen molar-refractivity contribution < 1.29 is 9.52 Å². The van der Waals surface area contributed by atoms with Crippen LogP contribution in [-0.2, 0) is 16.2 Å². The quantitative estimate of drug-likeness (QED) is 0.192. The van der Waals surface area contributed by atoms with Gasteiger partial charge in [0.2, 0.25) is 0 Å². The Morgan fingerprint density at radius 3 is 1.97 bits per heavy atom. The fourth-order valence-electron chi connectivity index (χ4n) is 9.96. The van der Waals surface area contributed by atoms with Crippen molar-refractivity contribution in [2.75, 3.05) is 4.90 Å². The van der Waals surface area contributed by atoms with Crippen molar-refractivity contribution in [3.8, 4) is 39.4 Å². The Morgan fingerprint density at radius 1 is 0.574 bits per heavy atom. The van der Waals surface area contributed by atoms with Crippen LogP contribution in [0.4, 0.5) is 17.2 Å². The fourth-order valence-corrected chi connectivity index (χ4v) is 9.96. The van der Waals surface area contributed by atoms with Crippen LogP contribution in [0.3, 0.4) is 0 Å². The summed E-state index contributed by atoms with van der Waals surface area (Å²) in [5.74, 6) is 0.922. The van der Waals surface area contributed by atoms with Crippen molar-refractivity contribution in [3.05, 3.63) is 191 Å². The van der Waals surface area contributed by atoms with Gasteiger partial charge in [-0.3, -0.25) is 9.88 Å². The van der Waals surface area contributed by atoms with Gasteiger partial charge in [0, 0.05) is 33.3 Å². The van der Waals surface area contributed by atoms with Crippen LogP contribution in [0.2, 0.25) is 0 Å². The van der Waals surface area contributed by atoms with Gasteiger partial charge in [0.25, 0.3) is 0 Å². The molecular weight excluding hydrogens is 747 g/mol. The molecule has 3 aromatic heterocycles. The highest BCUT2D eigenvalue weighted by atomic mass is 16.3. The number of rotatable bonds is 4. The average Bonchev–Trinajstić information content (AvgIpc) is 3.87. The van der Waals surface area contributed by atoms with Crippen molar-refractivity contribution >= 4 is 39.1 Å². The summed E-state index contributed by atoms with van der Waals surface area (Å²) in [5.41, 5.74) is 16.4. The van der Waals surface area contributed by atoms with Gasteiger partial charge in [0.15, 0.2) is 5.58 Å². The average molecular weight is 794 g/mol. The molecule has 0 radical (unpaired) electrons. The van der Waals surface area contributed by atoms with Crippen molar-refractivity contribution in [3.63, 3.8) is 0 Å². The molecule has 2 aliphatic rings. The van der Waals surface area contributed by atoms with Crippen molar-refractivity contribution in [1.29, 1.82) is 0 Å². The van der Waals surface area contributed by atoms with E-state index >= 15 is 0 Å². The number of benzene rings is 6. The summed E-state index contributed by atoms with van der Waals surface area (Å²) in [4.78, 5) is 12.8. The van der Waals surface area contributed by atoms with Crippen LogP contribution in [0.1, 0.15) is 80.6 Å². The lowest BCUT2D eigenvalue weighted by Crippen LogP contribution is -2.27. The maximum atomic E-state index is 12.1. The van der Waals surface area contributed by atoms with Crippen molar-refractivity contribution in [1.82, 2.24) is 9.97 Å². The molecular formula is C56H47N3O2. The van der Waals surface area contributed by atoms with E-state index in [0.29, 0.717) is 5.82 Å². The van der Waals surface area contributed by atoms with Gasteiger partial charge in [-0.15, -0.1) is 0 Å². The largest absolute Gasteiger partial charge is 0.507 e. The summed E-state index contributed by atoms with van der Waals surface area (Å²) in [6, 6.07) is 53.6. The lowest BCUT2D eigenvalue weighted by Gasteiger charge is -2.33. The molecule has 5 heteroatoms. The molecule has 0 fully saturated rings.